The second-order valence-corrected chi connectivity index (χ2v) is 11.9. The summed E-state index contributed by atoms with van der Waals surface area (Å²) in [6, 6.07) is 13.9. The third kappa shape index (κ3) is 7.17. The molecule has 9 heteroatoms. The van der Waals surface area contributed by atoms with Gasteiger partial charge in [-0.3, -0.25) is 9.59 Å². The molecule has 1 aliphatic heterocycles. The Bertz CT molecular complexity index is 1430. The molecule has 1 N–H and O–H groups in total. The number of carbonyl (C=O) groups excluding carboxylic acids is 1. The molecule has 0 spiro atoms. The zero-order valence-corrected chi connectivity index (χ0v) is 25.6. The number of amides is 1. The number of aryl methyl sites for hydroxylation is 2. The Labute approximate surface area is 252 Å². The fraction of sp³-hybridized carbons (Fsp3) is 0.515. The van der Waals surface area contributed by atoms with Gasteiger partial charge in [0.2, 0.25) is 5.91 Å². The van der Waals surface area contributed by atoms with Gasteiger partial charge in [-0.2, -0.15) is 0 Å². The van der Waals surface area contributed by atoms with Gasteiger partial charge in [-0.15, -0.1) is 0 Å². The number of aromatic nitrogens is 1. The van der Waals surface area contributed by atoms with E-state index < -0.39 is 0 Å². The predicted octanol–water partition coefficient (Wildman–Crippen LogP) is 4.68. The molecular formula is C33H42ClN3O5. The van der Waals surface area contributed by atoms with E-state index in [9.17, 15) is 9.59 Å². The molecular weight excluding hydrogens is 554 g/mol. The number of hydrogen-bond acceptors (Lipinski definition) is 6. The molecule has 5 rings (SSSR count). The van der Waals surface area contributed by atoms with E-state index in [2.05, 4.69) is 22.3 Å². The fourth-order valence-electron chi connectivity index (χ4n) is 6.14. The molecule has 42 heavy (non-hydrogen) atoms. The van der Waals surface area contributed by atoms with Crippen molar-refractivity contribution in [3.05, 3.63) is 74.5 Å². The van der Waals surface area contributed by atoms with Crippen molar-refractivity contribution in [2.75, 3.05) is 47.1 Å². The number of benzene rings is 2. The van der Waals surface area contributed by atoms with E-state index in [1.54, 1.807) is 31.9 Å². The van der Waals surface area contributed by atoms with Gasteiger partial charge in [0.15, 0.2) is 0 Å². The van der Waals surface area contributed by atoms with Crippen molar-refractivity contribution in [1.29, 1.82) is 0 Å². The van der Waals surface area contributed by atoms with Crippen LogP contribution >= 0.6 is 11.6 Å². The number of rotatable bonds is 13. The number of halogens is 1. The molecule has 2 fully saturated rings. The Balaban J connectivity index is 1.44. The summed E-state index contributed by atoms with van der Waals surface area (Å²) in [5.41, 5.74) is 3.87. The molecule has 1 amide bonds. The van der Waals surface area contributed by atoms with Crippen molar-refractivity contribution in [3.63, 3.8) is 0 Å². The molecule has 2 atom stereocenters. The predicted molar refractivity (Wildman–Crippen MR) is 165 cm³/mol. The first-order chi connectivity index (χ1) is 20.4. The fourth-order valence-corrected chi connectivity index (χ4v) is 6.31. The van der Waals surface area contributed by atoms with Crippen molar-refractivity contribution in [3.8, 4) is 5.75 Å². The van der Waals surface area contributed by atoms with Crippen LogP contribution in [0.4, 0.5) is 0 Å². The summed E-state index contributed by atoms with van der Waals surface area (Å²) in [6.07, 6.45) is 4.58. The highest BCUT2D eigenvalue weighted by Crippen LogP contribution is 2.38. The van der Waals surface area contributed by atoms with E-state index >= 15 is 0 Å². The summed E-state index contributed by atoms with van der Waals surface area (Å²) < 4.78 is 18.1. The highest BCUT2D eigenvalue weighted by atomic mass is 35.5. The number of ether oxygens (including phenoxy) is 3. The molecule has 1 saturated heterocycles. The highest BCUT2D eigenvalue weighted by Gasteiger charge is 2.40. The lowest BCUT2D eigenvalue weighted by atomic mass is 9.79. The zero-order chi connectivity index (χ0) is 29.6. The topological polar surface area (TPSA) is 82.0 Å². The van der Waals surface area contributed by atoms with Gasteiger partial charge in [0, 0.05) is 63.5 Å². The molecule has 1 aliphatic carbocycles. The number of piperidine rings is 1. The van der Waals surface area contributed by atoms with Crippen LogP contribution in [0.15, 0.2) is 47.3 Å². The van der Waals surface area contributed by atoms with Crippen molar-refractivity contribution in [1.82, 2.24) is 14.8 Å². The van der Waals surface area contributed by atoms with Gasteiger partial charge in [0.25, 0.3) is 5.56 Å². The van der Waals surface area contributed by atoms with Crippen LogP contribution in [-0.2, 0) is 34.3 Å². The van der Waals surface area contributed by atoms with Crippen LogP contribution in [0, 0.1) is 5.92 Å². The molecule has 0 bridgehead atoms. The van der Waals surface area contributed by atoms with E-state index in [4.69, 9.17) is 25.8 Å². The Hall–Kier alpha value is -2.91. The first kappa shape index (κ1) is 30.5. The maximum Gasteiger partial charge on any atom is 0.251 e. The van der Waals surface area contributed by atoms with Crippen LogP contribution in [0.25, 0.3) is 10.9 Å². The Morgan fingerprint density at radius 1 is 1.02 bits per heavy atom. The van der Waals surface area contributed by atoms with Crippen LogP contribution in [0.3, 0.4) is 0 Å². The Morgan fingerprint density at radius 2 is 1.81 bits per heavy atom. The van der Waals surface area contributed by atoms with E-state index in [0.29, 0.717) is 37.9 Å². The average molecular weight is 596 g/mol. The number of pyridine rings is 1. The molecule has 226 valence electrons. The first-order valence-electron chi connectivity index (χ1n) is 14.9. The second-order valence-electron chi connectivity index (χ2n) is 11.5. The summed E-state index contributed by atoms with van der Waals surface area (Å²) >= 11 is 6.31. The van der Waals surface area contributed by atoms with Crippen molar-refractivity contribution in [2.24, 2.45) is 13.0 Å². The standard InChI is InChI=1S/C33H42ClN3O5/c1-36-31-18-24(34)6-9-28(31)29(19-32(36)38)27-10-11-35-20-30(27)33(39)37(25-7-8-25)21-23-15-22(5-4-12-40-2)16-26(17-23)42-14-13-41-3/h6,9,15-19,25,27,30,35H,4-5,7-8,10-14,20-21H2,1-3H3/t27-,30?/m1/s1. The lowest BCUT2D eigenvalue weighted by molar-refractivity contribution is -0.138. The SMILES string of the molecule is COCCCc1cc(CN(C(=O)C2CNCC[C@@H]2c2cc(=O)n(C)c3cc(Cl)ccc23)C2CC2)cc(OCCOC)c1. The van der Waals surface area contributed by atoms with Gasteiger partial charge >= 0.3 is 0 Å². The lowest BCUT2D eigenvalue weighted by Gasteiger charge is -2.36. The average Bonchev–Trinajstić information content (AvgIpc) is 3.83. The quantitative estimate of drug-likeness (QED) is 0.289. The van der Waals surface area contributed by atoms with Gasteiger partial charge in [-0.1, -0.05) is 23.7 Å². The first-order valence-corrected chi connectivity index (χ1v) is 15.3. The summed E-state index contributed by atoms with van der Waals surface area (Å²) in [7, 11) is 5.14. The number of fused-ring (bicyclic) bond motifs is 1. The van der Waals surface area contributed by atoms with Gasteiger partial charge in [-0.25, -0.2) is 0 Å². The Morgan fingerprint density at radius 3 is 2.57 bits per heavy atom. The molecule has 0 radical (unpaired) electrons. The molecule has 2 aromatic carbocycles. The van der Waals surface area contributed by atoms with Crippen LogP contribution in [0.2, 0.25) is 5.02 Å². The number of nitrogens with one attached hydrogen (secondary N) is 1. The summed E-state index contributed by atoms with van der Waals surface area (Å²) in [4.78, 5) is 29.5. The molecule has 1 unspecified atom stereocenters. The van der Waals surface area contributed by atoms with E-state index in [1.807, 2.05) is 24.3 Å². The molecule has 8 nitrogen and oxygen atoms in total. The number of hydrogen-bond donors (Lipinski definition) is 1. The minimum atomic E-state index is -0.271. The van der Waals surface area contributed by atoms with Crippen LogP contribution in [0.1, 0.15) is 48.3 Å². The van der Waals surface area contributed by atoms with E-state index in [1.165, 1.54) is 5.56 Å². The van der Waals surface area contributed by atoms with Crippen LogP contribution < -0.4 is 15.6 Å². The number of nitrogens with zero attached hydrogens (tertiary/aromatic N) is 2. The van der Waals surface area contributed by atoms with Crippen LogP contribution in [-0.4, -0.2) is 68.5 Å². The van der Waals surface area contributed by atoms with Crippen LogP contribution in [0.5, 0.6) is 5.75 Å². The summed E-state index contributed by atoms with van der Waals surface area (Å²) in [6.45, 7) is 3.57. The maximum atomic E-state index is 14.4. The normalized spacial score (nSPS) is 18.8. The zero-order valence-electron chi connectivity index (χ0n) is 24.9. The van der Waals surface area contributed by atoms with Crippen molar-refractivity contribution in [2.45, 2.75) is 50.6 Å². The second kappa shape index (κ2) is 14.0. The lowest BCUT2D eigenvalue weighted by Crippen LogP contribution is -2.47. The summed E-state index contributed by atoms with van der Waals surface area (Å²) in [5.74, 6) is 0.602. The largest absolute Gasteiger partial charge is 0.491 e. The molecule has 2 aliphatic rings. The number of carbonyl (C=O) groups is 1. The van der Waals surface area contributed by atoms with Gasteiger partial charge < -0.3 is 29.0 Å². The van der Waals surface area contributed by atoms with E-state index in [-0.39, 0.29) is 29.3 Å². The maximum absolute atomic E-state index is 14.4. The van der Waals surface area contributed by atoms with Gasteiger partial charge in [0.1, 0.15) is 12.4 Å². The molecule has 1 aromatic heterocycles. The van der Waals surface area contributed by atoms with E-state index in [0.717, 1.165) is 66.4 Å². The number of methoxy groups -OCH3 is 2. The molecule has 2 heterocycles. The monoisotopic (exact) mass is 595 g/mol. The van der Waals surface area contributed by atoms with Gasteiger partial charge in [0.05, 0.1) is 18.0 Å². The highest BCUT2D eigenvalue weighted by molar-refractivity contribution is 6.31. The van der Waals surface area contributed by atoms with Crippen molar-refractivity contribution >= 4 is 28.4 Å². The minimum absolute atomic E-state index is 0.0640. The smallest absolute Gasteiger partial charge is 0.251 e. The third-order valence-electron chi connectivity index (χ3n) is 8.46. The Kier molecular flexibility index (Phi) is 10.2. The molecule has 1 saturated carbocycles. The third-order valence-corrected chi connectivity index (χ3v) is 8.70. The van der Waals surface area contributed by atoms with Gasteiger partial charge in [-0.05, 0) is 85.5 Å². The molecule has 3 aromatic rings. The van der Waals surface area contributed by atoms with Crippen molar-refractivity contribution < 1.29 is 19.0 Å². The minimum Gasteiger partial charge on any atom is -0.491 e. The summed E-state index contributed by atoms with van der Waals surface area (Å²) in [5, 5.41) is 5.02.